The van der Waals surface area contributed by atoms with Crippen molar-refractivity contribution in [1.82, 2.24) is 5.32 Å². The van der Waals surface area contributed by atoms with E-state index in [0.717, 1.165) is 64.2 Å². The van der Waals surface area contributed by atoms with Crippen LogP contribution in [0.5, 0.6) is 0 Å². The van der Waals surface area contributed by atoms with Gasteiger partial charge in [0.1, 0.15) is 0 Å². The van der Waals surface area contributed by atoms with Gasteiger partial charge in [-0.05, 0) is 64.2 Å². The summed E-state index contributed by atoms with van der Waals surface area (Å²) in [7, 11) is 0. The molecule has 0 aromatic heterocycles. The van der Waals surface area contributed by atoms with Crippen LogP contribution in [0.25, 0.3) is 0 Å². The second kappa shape index (κ2) is 39.3. The number of aliphatic hydroxyl groups is 2. The van der Waals surface area contributed by atoms with E-state index in [4.69, 9.17) is 0 Å². The molecule has 0 saturated heterocycles. The molecule has 0 aliphatic rings. The van der Waals surface area contributed by atoms with Gasteiger partial charge in [-0.2, -0.15) is 0 Å². The maximum Gasteiger partial charge on any atom is 0.220 e. The molecule has 0 saturated carbocycles. The van der Waals surface area contributed by atoms with E-state index in [2.05, 4.69) is 92.1 Å². The maximum atomic E-state index is 12.3. The van der Waals surface area contributed by atoms with Crippen molar-refractivity contribution in [2.45, 2.75) is 193 Å². The Bertz CT molecular complexity index is 853. The van der Waals surface area contributed by atoms with Crippen molar-refractivity contribution in [3.05, 3.63) is 72.9 Å². The van der Waals surface area contributed by atoms with E-state index in [-0.39, 0.29) is 12.5 Å². The van der Waals surface area contributed by atoms with Gasteiger partial charge in [0.25, 0.3) is 0 Å². The lowest BCUT2D eigenvalue weighted by atomic mass is 10.0. The first-order valence-electron chi connectivity index (χ1n) is 20.1. The maximum absolute atomic E-state index is 12.3. The molecule has 4 heteroatoms. The molecule has 0 spiro atoms. The number of carbonyl (C=O) groups is 1. The topological polar surface area (TPSA) is 69.6 Å². The summed E-state index contributed by atoms with van der Waals surface area (Å²) in [4.78, 5) is 12.3. The van der Waals surface area contributed by atoms with E-state index in [1.807, 2.05) is 0 Å². The molecule has 0 rings (SSSR count). The van der Waals surface area contributed by atoms with Crippen molar-refractivity contribution in [2.24, 2.45) is 0 Å². The Morgan fingerprint density at radius 2 is 0.917 bits per heavy atom. The molecule has 3 N–H and O–H groups in total. The average Bonchev–Trinajstić information content (AvgIpc) is 3.09. The van der Waals surface area contributed by atoms with E-state index < -0.39 is 12.1 Å². The van der Waals surface area contributed by atoms with Crippen LogP contribution in [0.15, 0.2) is 72.9 Å². The molecule has 1 amide bonds. The highest BCUT2D eigenvalue weighted by atomic mass is 16.3. The Labute approximate surface area is 298 Å². The highest BCUT2D eigenvalue weighted by Gasteiger charge is 2.19. The minimum atomic E-state index is -0.664. The van der Waals surface area contributed by atoms with Crippen LogP contribution in [0, 0.1) is 0 Å². The van der Waals surface area contributed by atoms with Gasteiger partial charge < -0.3 is 15.5 Å². The van der Waals surface area contributed by atoms with Crippen LogP contribution in [0.4, 0.5) is 0 Å². The van der Waals surface area contributed by atoms with E-state index in [0.29, 0.717) is 12.8 Å². The fraction of sp³-hybridized carbons (Fsp3) is 0.705. The molecule has 4 nitrogen and oxygen atoms in total. The summed E-state index contributed by atoms with van der Waals surface area (Å²) < 4.78 is 0. The second-order valence-electron chi connectivity index (χ2n) is 13.3. The zero-order valence-electron chi connectivity index (χ0n) is 31.5. The van der Waals surface area contributed by atoms with Crippen LogP contribution >= 0.6 is 0 Å². The quantitative estimate of drug-likeness (QED) is 0.0465. The lowest BCUT2D eigenvalue weighted by Crippen LogP contribution is -2.45. The average molecular weight is 668 g/mol. The second-order valence-corrected chi connectivity index (χ2v) is 13.3. The number of rotatable bonds is 35. The fourth-order valence-corrected chi connectivity index (χ4v) is 5.66. The normalized spacial score (nSPS) is 13.8. The Hall–Kier alpha value is -2.17. The molecule has 48 heavy (non-hydrogen) atoms. The summed E-state index contributed by atoms with van der Waals surface area (Å²) in [5.41, 5.74) is 0. The molecule has 0 bridgehead atoms. The van der Waals surface area contributed by atoms with Gasteiger partial charge in [0, 0.05) is 6.42 Å². The first kappa shape index (κ1) is 45.8. The third kappa shape index (κ3) is 35.1. The predicted molar refractivity (Wildman–Crippen MR) is 211 cm³/mol. The van der Waals surface area contributed by atoms with Crippen LogP contribution in [0.1, 0.15) is 181 Å². The van der Waals surface area contributed by atoms with Gasteiger partial charge >= 0.3 is 0 Å². The number of allylic oxidation sites excluding steroid dienone is 12. The molecule has 2 unspecified atom stereocenters. The third-order valence-corrected chi connectivity index (χ3v) is 8.73. The first-order valence-corrected chi connectivity index (χ1v) is 20.1. The third-order valence-electron chi connectivity index (χ3n) is 8.73. The molecule has 0 fully saturated rings. The molecule has 0 heterocycles. The minimum Gasteiger partial charge on any atom is -0.394 e. The monoisotopic (exact) mass is 668 g/mol. The van der Waals surface area contributed by atoms with Gasteiger partial charge in [0.05, 0.1) is 18.8 Å². The lowest BCUT2D eigenvalue weighted by molar-refractivity contribution is -0.123. The summed E-state index contributed by atoms with van der Waals surface area (Å²) in [5.74, 6) is -0.0467. The van der Waals surface area contributed by atoms with E-state index in [9.17, 15) is 15.0 Å². The van der Waals surface area contributed by atoms with Crippen molar-refractivity contribution in [2.75, 3.05) is 6.61 Å². The number of unbranched alkanes of at least 4 members (excludes halogenated alkanes) is 16. The number of hydrogen-bond acceptors (Lipinski definition) is 3. The summed E-state index contributed by atoms with van der Waals surface area (Å²) in [6.45, 7) is 4.20. The van der Waals surface area contributed by atoms with Gasteiger partial charge in [-0.25, -0.2) is 0 Å². The number of hydrogen-bond donors (Lipinski definition) is 3. The highest BCUT2D eigenvalue weighted by molar-refractivity contribution is 5.76. The Kier molecular flexibility index (Phi) is 37.5. The van der Waals surface area contributed by atoms with Gasteiger partial charge in [0.2, 0.25) is 5.91 Å². The fourth-order valence-electron chi connectivity index (χ4n) is 5.66. The molecule has 0 aliphatic carbocycles. The van der Waals surface area contributed by atoms with Gasteiger partial charge in [0.15, 0.2) is 0 Å². The molecule has 0 aromatic rings. The summed E-state index contributed by atoms with van der Waals surface area (Å²) in [6, 6.07) is -0.542. The van der Waals surface area contributed by atoms with Crippen molar-refractivity contribution in [1.29, 1.82) is 0 Å². The SMILES string of the molecule is CC/C=C\C/C=C\C/C=C\C/C=C\C/C=C\C/C=C\CCCCCCCCCCC(=O)NC(CO)C(O)CCCCCCCCCCC. The molecule has 0 aromatic carbocycles. The van der Waals surface area contributed by atoms with E-state index in [1.165, 1.54) is 89.9 Å². The highest BCUT2D eigenvalue weighted by Crippen LogP contribution is 2.14. The summed E-state index contributed by atoms with van der Waals surface area (Å²) in [6.07, 6.45) is 55.4. The van der Waals surface area contributed by atoms with E-state index >= 15 is 0 Å². The molecule has 276 valence electrons. The van der Waals surface area contributed by atoms with E-state index in [1.54, 1.807) is 0 Å². The van der Waals surface area contributed by atoms with Gasteiger partial charge in [-0.15, -0.1) is 0 Å². The van der Waals surface area contributed by atoms with Crippen molar-refractivity contribution < 1.29 is 15.0 Å². The van der Waals surface area contributed by atoms with Crippen LogP contribution < -0.4 is 5.32 Å². The minimum absolute atomic E-state index is 0.0467. The van der Waals surface area contributed by atoms with Crippen LogP contribution in [0.3, 0.4) is 0 Å². The van der Waals surface area contributed by atoms with Gasteiger partial charge in [-0.3, -0.25) is 4.79 Å². The molecular formula is C44H77NO3. The number of amides is 1. The van der Waals surface area contributed by atoms with Crippen LogP contribution in [-0.4, -0.2) is 34.9 Å². The smallest absolute Gasteiger partial charge is 0.220 e. The predicted octanol–water partition coefficient (Wildman–Crippen LogP) is 12.3. The summed E-state index contributed by atoms with van der Waals surface area (Å²) in [5, 5.41) is 23.0. The van der Waals surface area contributed by atoms with Crippen molar-refractivity contribution >= 4 is 5.91 Å². The van der Waals surface area contributed by atoms with Crippen molar-refractivity contribution in [3.63, 3.8) is 0 Å². The number of nitrogens with one attached hydrogen (secondary N) is 1. The standard InChI is InChI=1S/C44H77NO3/c1-3-5-7-9-11-13-14-15-16-17-18-19-20-21-22-23-24-25-26-27-28-29-30-32-34-36-38-40-44(48)45-42(41-46)43(47)39-37-35-33-31-12-10-8-6-4-2/h5,7,11,13,15-16,18-19,21-22,24-25,42-43,46-47H,3-4,6,8-10,12,14,17,20,23,26-41H2,1-2H3,(H,45,48)/b7-5-,13-11-,16-15-,19-18-,22-21-,25-24-. The van der Waals surface area contributed by atoms with Gasteiger partial charge in [-0.1, -0.05) is 183 Å². The lowest BCUT2D eigenvalue weighted by Gasteiger charge is -2.22. The molecule has 0 aliphatic heterocycles. The number of carbonyl (C=O) groups excluding carboxylic acids is 1. The summed E-state index contributed by atoms with van der Waals surface area (Å²) >= 11 is 0. The molecular weight excluding hydrogens is 590 g/mol. The Morgan fingerprint density at radius 3 is 1.38 bits per heavy atom. The Balaban J connectivity index is 3.59. The first-order chi connectivity index (χ1) is 23.7. The Morgan fingerprint density at radius 1 is 0.521 bits per heavy atom. The largest absolute Gasteiger partial charge is 0.394 e. The zero-order chi connectivity index (χ0) is 35.0. The van der Waals surface area contributed by atoms with Crippen molar-refractivity contribution in [3.8, 4) is 0 Å². The molecule has 0 radical (unpaired) electrons. The molecule has 2 atom stereocenters. The zero-order valence-corrected chi connectivity index (χ0v) is 31.5. The van der Waals surface area contributed by atoms with Crippen LogP contribution in [-0.2, 0) is 4.79 Å². The number of aliphatic hydroxyl groups excluding tert-OH is 2. The van der Waals surface area contributed by atoms with Crippen LogP contribution in [0.2, 0.25) is 0 Å².